The van der Waals surface area contributed by atoms with Crippen molar-refractivity contribution in [2.24, 2.45) is 7.05 Å². The second-order valence-corrected chi connectivity index (χ2v) is 6.91. The number of carboxylic acids is 1. The number of aryl methyl sites for hydroxylation is 3. The SMILES string of the molecule is CCOc1c(C(=O)O)n(C)c2cc(CC)n(CC(=O)c3cccc(C)c3)c(=O)c12. The number of nitrogens with zero attached hydrogens (tertiary/aromatic N) is 2. The number of aromatic nitrogens is 2. The average Bonchev–Trinajstić information content (AvgIpc) is 2.96. The van der Waals surface area contributed by atoms with Gasteiger partial charge in [0.15, 0.2) is 17.2 Å². The van der Waals surface area contributed by atoms with E-state index >= 15 is 0 Å². The number of fused-ring (bicyclic) bond motifs is 1. The highest BCUT2D eigenvalue weighted by Crippen LogP contribution is 2.31. The lowest BCUT2D eigenvalue weighted by atomic mass is 10.1. The Morgan fingerprint density at radius 2 is 1.90 bits per heavy atom. The minimum Gasteiger partial charge on any atom is -0.490 e. The molecule has 3 rings (SSSR count). The summed E-state index contributed by atoms with van der Waals surface area (Å²) in [4.78, 5) is 37.9. The first-order chi connectivity index (χ1) is 13.8. The molecule has 0 amide bonds. The normalized spacial score (nSPS) is 11.0. The lowest BCUT2D eigenvalue weighted by Gasteiger charge is -2.13. The second kappa shape index (κ2) is 7.95. The number of ether oxygens (including phenoxy) is 1. The fourth-order valence-corrected chi connectivity index (χ4v) is 3.60. The van der Waals surface area contributed by atoms with Gasteiger partial charge in [-0.1, -0.05) is 30.7 Å². The van der Waals surface area contributed by atoms with E-state index in [0.29, 0.717) is 23.2 Å². The number of hydrogen-bond donors (Lipinski definition) is 1. The number of Topliss-reactive ketones (excluding diaryl/α,β-unsaturated/α-hetero) is 1. The van der Waals surface area contributed by atoms with Crippen LogP contribution in [-0.2, 0) is 20.0 Å². The van der Waals surface area contributed by atoms with Crippen LogP contribution in [0.5, 0.6) is 5.75 Å². The second-order valence-electron chi connectivity index (χ2n) is 6.91. The molecule has 29 heavy (non-hydrogen) atoms. The van der Waals surface area contributed by atoms with Crippen LogP contribution in [0.2, 0.25) is 0 Å². The third-order valence-electron chi connectivity index (χ3n) is 5.00. The molecule has 1 aromatic carbocycles. The molecular formula is C22H24N2O5. The van der Waals surface area contributed by atoms with Crippen molar-refractivity contribution in [1.82, 2.24) is 9.13 Å². The molecule has 3 aromatic rings. The van der Waals surface area contributed by atoms with Crippen LogP contribution in [0.25, 0.3) is 10.9 Å². The Balaban J connectivity index is 2.23. The first-order valence-electron chi connectivity index (χ1n) is 9.51. The molecule has 0 atom stereocenters. The van der Waals surface area contributed by atoms with Gasteiger partial charge in [-0.15, -0.1) is 0 Å². The average molecular weight is 396 g/mol. The number of carbonyl (C=O) groups is 2. The summed E-state index contributed by atoms with van der Waals surface area (Å²) in [6.45, 7) is 5.61. The summed E-state index contributed by atoms with van der Waals surface area (Å²) in [5.74, 6) is -1.31. The molecule has 7 heteroatoms. The van der Waals surface area contributed by atoms with Crippen LogP contribution in [-0.4, -0.2) is 32.6 Å². The van der Waals surface area contributed by atoms with Crippen LogP contribution in [0.3, 0.4) is 0 Å². The first-order valence-corrected chi connectivity index (χ1v) is 9.51. The van der Waals surface area contributed by atoms with Gasteiger partial charge in [0.2, 0.25) is 0 Å². The standard InChI is InChI=1S/C22H24N2O5/c1-5-15-11-16-18(20(29-6-2)19(22(27)28)23(16)4)21(26)24(15)12-17(25)14-9-7-8-13(3)10-14/h7-11H,5-6,12H2,1-4H3,(H,27,28). The maximum Gasteiger partial charge on any atom is 0.356 e. The molecule has 0 fully saturated rings. The van der Waals surface area contributed by atoms with Crippen LogP contribution in [0.15, 0.2) is 35.1 Å². The molecule has 0 saturated carbocycles. The molecule has 0 spiro atoms. The zero-order valence-electron chi connectivity index (χ0n) is 17.0. The quantitative estimate of drug-likeness (QED) is 0.620. The molecule has 1 N–H and O–H groups in total. The summed E-state index contributed by atoms with van der Waals surface area (Å²) >= 11 is 0. The molecule has 2 heterocycles. The number of carbonyl (C=O) groups excluding carboxylic acids is 1. The molecular weight excluding hydrogens is 372 g/mol. The molecule has 0 aliphatic carbocycles. The number of carboxylic acid groups (broad SMARTS) is 1. The van der Waals surface area contributed by atoms with E-state index in [0.717, 1.165) is 5.56 Å². The Bertz CT molecular complexity index is 1170. The van der Waals surface area contributed by atoms with Crippen molar-refractivity contribution in [1.29, 1.82) is 0 Å². The lowest BCUT2D eigenvalue weighted by Crippen LogP contribution is -2.27. The smallest absolute Gasteiger partial charge is 0.356 e. The van der Waals surface area contributed by atoms with Crippen molar-refractivity contribution in [2.45, 2.75) is 33.7 Å². The van der Waals surface area contributed by atoms with E-state index in [9.17, 15) is 19.5 Å². The van der Waals surface area contributed by atoms with Crippen LogP contribution in [0.4, 0.5) is 0 Å². The van der Waals surface area contributed by atoms with Gasteiger partial charge in [0, 0.05) is 18.3 Å². The third kappa shape index (κ3) is 3.55. The van der Waals surface area contributed by atoms with Gasteiger partial charge in [0.25, 0.3) is 5.56 Å². The molecule has 2 aromatic heterocycles. The van der Waals surface area contributed by atoms with Gasteiger partial charge in [-0.2, -0.15) is 0 Å². The number of aromatic carboxylic acids is 1. The van der Waals surface area contributed by atoms with E-state index in [2.05, 4.69) is 0 Å². The van der Waals surface area contributed by atoms with Crippen LogP contribution >= 0.6 is 0 Å². The fraction of sp³-hybridized carbons (Fsp3) is 0.318. The first kappa shape index (κ1) is 20.4. The van der Waals surface area contributed by atoms with Crippen molar-refractivity contribution in [3.8, 4) is 5.75 Å². The van der Waals surface area contributed by atoms with Gasteiger partial charge >= 0.3 is 5.97 Å². The zero-order valence-corrected chi connectivity index (χ0v) is 17.0. The Hall–Kier alpha value is -3.35. The molecule has 0 saturated heterocycles. The Kier molecular flexibility index (Phi) is 5.59. The number of rotatable bonds is 7. The van der Waals surface area contributed by atoms with Crippen molar-refractivity contribution >= 4 is 22.7 Å². The summed E-state index contributed by atoms with van der Waals surface area (Å²) in [5, 5.41) is 9.80. The molecule has 152 valence electrons. The summed E-state index contributed by atoms with van der Waals surface area (Å²) in [6, 6.07) is 8.97. The fourth-order valence-electron chi connectivity index (χ4n) is 3.60. The van der Waals surface area contributed by atoms with Crippen molar-refractivity contribution in [2.75, 3.05) is 6.61 Å². The lowest BCUT2D eigenvalue weighted by molar-refractivity contribution is 0.0682. The summed E-state index contributed by atoms with van der Waals surface area (Å²) in [5.41, 5.74) is 2.12. The van der Waals surface area contributed by atoms with Gasteiger partial charge in [-0.25, -0.2) is 4.79 Å². The van der Waals surface area contributed by atoms with E-state index in [1.807, 2.05) is 19.9 Å². The Morgan fingerprint density at radius 1 is 1.17 bits per heavy atom. The van der Waals surface area contributed by atoms with Gasteiger partial charge in [-0.05, 0) is 32.4 Å². The molecule has 0 aliphatic rings. The van der Waals surface area contributed by atoms with Crippen LogP contribution in [0, 0.1) is 6.92 Å². The Morgan fingerprint density at radius 3 is 2.48 bits per heavy atom. The van der Waals surface area contributed by atoms with E-state index in [1.165, 1.54) is 9.13 Å². The molecule has 0 aliphatic heterocycles. The molecule has 0 radical (unpaired) electrons. The largest absolute Gasteiger partial charge is 0.490 e. The minimum absolute atomic E-state index is 0.0434. The van der Waals surface area contributed by atoms with Gasteiger partial charge in [0.1, 0.15) is 5.39 Å². The van der Waals surface area contributed by atoms with Gasteiger partial charge < -0.3 is 19.0 Å². The number of ketones is 1. The predicted molar refractivity (Wildman–Crippen MR) is 110 cm³/mol. The number of benzene rings is 1. The summed E-state index contributed by atoms with van der Waals surface area (Å²) in [6.07, 6.45) is 0.518. The molecule has 0 unspecified atom stereocenters. The molecule has 7 nitrogen and oxygen atoms in total. The molecule has 0 bridgehead atoms. The third-order valence-corrected chi connectivity index (χ3v) is 5.00. The van der Waals surface area contributed by atoms with Crippen molar-refractivity contribution in [3.63, 3.8) is 0 Å². The van der Waals surface area contributed by atoms with Crippen molar-refractivity contribution < 1.29 is 19.4 Å². The van der Waals surface area contributed by atoms with Crippen LogP contribution in [0.1, 0.15) is 46.0 Å². The maximum absolute atomic E-state index is 13.4. The highest BCUT2D eigenvalue weighted by Gasteiger charge is 2.26. The summed E-state index contributed by atoms with van der Waals surface area (Å²) < 4.78 is 8.42. The summed E-state index contributed by atoms with van der Waals surface area (Å²) in [7, 11) is 1.59. The van der Waals surface area contributed by atoms with Gasteiger partial charge in [0.05, 0.1) is 18.7 Å². The number of pyridine rings is 1. The van der Waals surface area contributed by atoms with Crippen LogP contribution < -0.4 is 10.3 Å². The Labute approximate surface area is 168 Å². The van der Waals surface area contributed by atoms with Gasteiger partial charge in [-0.3, -0.25) is 9.59 Å². The maximum atomic E-state index is 13.4. The monoisotopic (exact) mass is 396 g/mol. The van der Waals surface area contributed by atoms with E-state index in [4.69, 9.17) is 4.74 Å². The highest BCUT2D eigenvalue weighted by molar-refractivity contribution is 6.01. The topological polar surface area (TPSA) is 90.5 Å². The van der Waals surface area contributed by atoms with Crippen molar-refractivity contribution in [3.05, 3.63) is 63.2 Å². The van der Waals surface area contributed by atoms with E-state index < -0.39 is 11.5 Å². The minimum atomic E-state index is -1.17. The highest BCUT2D eigenvalue weighted by atomic mass is 16.5. The zero-order chi connectivity index (χ0) is 21.3. The van der Waals surface area contributed by atoms with E-state index in [-0.39, 0.29) is 35.8 Å². The predicted octanol–water partition coefficient (Wildman–Crippen LogP) is 3.19. The van der Waals surface area contributed by atoms with E-state index in [1.54, 1.807) is 38.2 Å². The number of hydrogen-bond acceptors (Lipinski definition) is 4.